The van der Waals surface area contributed by atoms with Crippen molar-refractivity contribution in [3.63, 3.8) is 0 Å². The number of nitrogens with one attached hydrogen (secondary N) is 2. The molecule has 2 aromatic rings. The number of aliphatic hydroxyl groups is 1. The molecule has 0 aliphatic carbocycles. The number of rotatable bonds is 8. The van der Waals surface area contributed by atoms with Crippen LogP contribution in [-0.2, 0) is 0 Å². The summed E-state index contributed by atoms with van der Waals surface area (Å²) in [5, 5.41) is 16.6. The maximum atomic E-state index is 9.15. The molecule has 0 radical (unpaired) electrons. The third-order valence-electron chi connectivity index (χ3n) is 3.62. The Morgan fingerprint density at radius 1 is 1.19 bits per heavy atom. The van der Waals surface area contributed by atoms with Crippen molar-refractivity contribution in [3.05, 3.63) is 24.3 Å². The van der Waals surface area contributed by atoms with Gasteiger partial charge >= 0.3 is 0 Å². The zero-order chi connectivity index (χ0) is 15.1. The van der Waals surface area contributed by atoms with Gasteiger partial charge in [-0.05, 0) is 30.9 Å². The Kier molecular flexibility index (Phi) is 5.75. The minimum atomic E-state index is 0.235. The lowest BCUT2D eigenvalue weighted by Crippen LogP contribution is -2.17. The van der Waals surface area contributed by atoms with Gasteiger partial charge in [0.15, 0.2) is 0 Å². The maximum Gasteiger partial charge on any atom is 0.224 e. The van der Waals surface area contributed by atoms with Gasteiger partial charge in [0, 0.05) is 25.6 Å². The Labute approximate surface area is 125 Å². The number of hydrogen-bond donors (Lipinski definition) is 3. The third-order valence-corrected chi connectivity index (χ3v) is 3.62. The molecule has 0 spiro atoms. The lowest BCUT2D eigenvalue weighted by atomic mass is 10.0. The van der Waals surface area contributed by atoms with Crippen LogP contribution in [0.1, 0.15) is 26.2 Å². The standard InChI is InChI=1S/C16H24N4O/c1-3-6-12(9-10-21)11-18-15-13-7-4-5-8-14(13)19-16(17-2)20-15/h4-5,7-8,12,21H,3,6,9-11H2,1-2H3,(H2,17,18,19,20). The van der Waals surface area contributed by atoms with Gasteiger partial charge in [0.2, 0.25) is 5.95 Å². The lowest BCUT2D eigenvalue weighted by molar-refractivity contribution is 0.255. The van der Waals surface area contributed by atoms with Gasteiger partial charge in [0.1, 0.15) is 5.82 Å². The average molecular weight is 288 g/mol. The second-order valence-corrected chi connectivity index (χ2v) is 5.21. The molecule has 0 saturated heterocycles. The molecule has 0 aliphatic heterocycles. The maximum absolute atomic E-state index is 9.15. The molecule has 0 saturated carbocycles. The number of para-hydroxylation sites is 1. The SMILES string of the molecule is CCCC(CCO)CNc1nc(NC)nc2ccccc12. The summed E-state index contributed by atoms with van der Waals surface area (Å²) in [5.41, 5.74) is 0.925. The first kappa shape index (κ1) is 15.5. The van der Waals surface area contributed by atoms with Gasteiger partial charge in [-0.2, -0.15) is 4.98 Å². The minimum Gasteiger partial charge on any atom is -0.396 e. The molecule has 3 N–H and O–H groups in total. The number of aromatic nitrogens is 2. The molecule has 1 heterocycles. The fraction of sp³-hybridized carbons (Fsp3) is 0.500. The highest BCUT2D eigenvalue weighted by atomic mass is 16.3. The van der Waals surface area contributed by atoms with Crippen LogP contribution in [0.25, 0.3) is 10.9 Å². The van der Waals surface area contributed by atoms with E-state index in [2.05, 4.69) is 27.5 Å². The molecule has 114 valence electrons. The molecule has 1 unspecified atom stereocenters. The normalized spacial score (nSPS) is 12.3. The molecule has 21 heavy (non-hydrogen) atoms. The minimum absolute atomic E-state index is 0.235. The van der Waals surface area contributed by atoms with Crippen molar-refractivity contribution >= 4 is 22.7 Å². The van der Waals surface area contributed by atoms with Crippen LogP contribution >= 0.6 is 0 Å². The summed E-state index contributed by atoms with van der Waals surface area (Å²) in [7, 11) is 1.82. The first-order chi connectivity index (χ1) is 10.3. The van der Waals surface area contributed by atoms with Crippen LogP contribution < -0.4 is 10.6 Å². The third kappa shape index (κ3) is 4.04. The molecular formula is C16H24N4O. The molecule has 0 amide bonds. The van der Waals surface area contributed by atoms with Gasteiger partial charge in [-0.15, -0.1) is 0 Å². The van der Waals surface area contributed by atoms with E-state index in [0.717, 1.165) is 42.5 Å². The zero-order valence-corrected chi connectivity index (χ0v) is 12.8. The van der Waals surface area contributed by atoms with Crippen LogP contribution in [-0.4, -0.2) is 35.3 Å². The monoisotopic (exact) mass is 288 g/mol. The second kappa shape index (κ2) is 7.78. The molecule has 1 atom stereocenters. The quantitative estimate of drug-likeness (QED) is 0.697. The highest BCUT2D eigenvalue weighted by Gasteiger charge is 2.10. The topological polar surface area (TPSA) is 70.1 Å². The number of fused-ring (bicyclic) bond motifs is 1. The van der Waals surface area contributed by atoms with Gasteiger partial charge in [0.05, 0.1) is 5.52 Å². The van der Waals surface area contributed by atoms with Crippen LogP contribution in [0, 0.1) is 5.92 Å². The van der Waals surface area contributed by atoms with Gasteiger partial charge in [-0.1, -0.05) is 25.5 Å². The summed E-state index contributed by atoms with van der Waals surface area (Å²) in [4.78, 5) is 8.97. The average Bonchev–Trinajstić information content (AvgIpc) is 2.52. The smallest absolute Gasteiger partial charge is 0.224 e. The van der Waals surface area contributed by atoms with E-state index < -0.39 is 0 Å². The molecule has 0 fully saturated rings. The number of hydrogen-bond acceptors (Lipinski definition) is 5. The van der Waals surface area contributed by atoms with Gasteiger partial charge in [0.25, 0.3) is 0 Å². The molecule has 1 aromatic heterocycles. The fourth-order valence-corrected chi connectivity index (χ4v) is 2.50. The fourth-order valence-electron chi connectivity index (χ4n) is 2.50. The zero-order valence-electron chi connectivity index (χ0n) is 12.8. The number of aliphatic hydroxyl groups excluding tert-OH is 1. The van der Waals surface area contributed by atoms with E-state index in [1.165, 1.54) is 0 Å². The van der Waals surface area contributed by atoms with Crippen molar-refractivity contribution in [1.29, 1.82) is 0 Å². The van der Waals surface area contributed by atoms with Crippen LogP contribution in [0.4, 0.5) is 11.8 Å². The molecule has 5 nitrogen and oxygen atoms in total. The van der Waals surface area contributed by atoms with E-state index >= 15 is 0 Å². The molecule has 0 aliphatic rings. The highest BCUT2D eigenvalue weighted by Crippen LogP contribution is 2.22. The van der Waals surface area contributed by atoms with Crippen LogP contribution in [0.5, 0.6) is 0 Å². The van der Waals surface area contributed by atoms with E-state index in [0.29, 0.717) is 11.9 Å². The number of benzene rings is 1. The predicted octanol–water partition coefficient (Wildman–Crippen LogP) is 2.88. The summed E-state index contributed by atoms with van der Waals surface area (Å²) in [5.74, 6) is 1.93. The van der Waals surface area contributed by atoms with E-state index in [9.17, 15) is 0 Å². The first-order valence-corrected chi connectivity index (χ1v) is 7.57. The Morgan fingerprint density at radius 3 is 2.71 bits per heavy atom. The Bertz CT molecular complexity index is 567. The summed E-state index contributed by atoms with van der Waals surface area (Å²) in [6.45, 7) is 3.22. The van der Waals surface area contributed by atoms with Crippen LogP contribution in [0.2, 0.25) is 0 Å². The van der Waals surface area contributed by atoms with E-state index in [-0.39, 0.29) is 6.61 Å². The molecule has 1 aromatic carbocycles. The van der Waals surface area contributed by atoms with E-state index in [4.69, 9.17) is 5.11 Å². The largest absolute Gasteiger partial charge is 0.396 e. The Balaban J connectivity index is 2.20. The highest BCUT2D eigenvalue weighted by molar-refractivity contribution is 5.89. The van der Waals surface area contributed by atoms with Crippen molar-refractivity contribution in [1.82, 2.24) is 9.97 Å². The van der Waals surface area contributed by atoms with Crippen molar-refractivity contribution in [2.24, 2.45) is 5.92 Å². The van der Waals surface area contributed by atoms with Crippen molar-refractivity contribution < 1.29 is 5.11 Å². The van der Waals surface area contributed by atoms with Crippen molar-refractivity contribution in [2.75, 3.05) is 30.8 Å². The van der Waals surface area contributed by atoms with Crippen LogP contribution in [0.3, 0.4) is 0 Å². The summed E-state index contributed by atoms with van der Waals surface area (Å²) in [6, 6.07) is 7.98. The summed E-state index contributed by atoms with van der Waals surface area (Å²) in [6.07, 6.45) is 3.05. The molecule has 0 bridgehead atoms. The van der Waals surface area contributed by atoms with Gasteiger partial charge in [-0.25, -0.2) is 4.98 Å². The Morgan fingerprint density at radius 2 is 2.00 bits per heavy atom. The first-order valence-electron chi connectivity index (χ1n) is 7.57. The van der Waals surface area contributed by atoms with E-state index in [1.54, 1.807) is 0 Å². The summed E-state index contributed by atoms with van der Waals surface area (Å²) < 4.78 is 0. The van der Waals surface area contributed by atoms with E-state index in [1.807, 2.05) is 31.3 Å². The molecular weight excluding hydrogens is 264 g/mol. The van der Waals surface area contributed by atoms with Crippen molar-refractivity contribution in [2.45, 2.75) is 26.2 Å². The van der Waals surface area contributed by atoms with Crippen LogP contribution in [0.15, 0.2) is 24.3 Å². The van der Waals surface area contributed by atoms with Gasteiger partial charge < -0.3 is 15.7 Å². The number of anilines is 2. The Hall–Kier alpha value is -1.88. The lowest BCUT2D eigenvalue weighted by Gasteiger charge is -2.17. The molecule has 5 heteroatoms. The molecule has 2 rings (SSSR count). The second-order valence-electron chi connectivity index (χ2n) is 5.21. The van der Waals surface area contributed by atoms with Gasteiger partial charge in [-0.3, -0.25) is 0 Å². The van der Waals surface area contributed by atoms with Crippen molar-refractivity contribution in [3.8, 4) is 0 Å². The predicted molar refractivity (Wildman–Crippen MR) is 87.7 cm³/mol. The number of nitrogens with zero attached hydrogens (tertiary/aromatic N) is 2. The summed E-state index contributed by atoms with van der Waals surface area (Å²) >= 11 is 0.